The molecule has 8 heteroatoms. The summed E-state index contributed by atoms with van der Waals surface area (Å²) >= 11 is 0. The fraction of sp³-hybridized carbons (Fsp3) is 0.909. The van der Waals surface area contributed by atoms with Gasteiger partial charge < -0.3 is 35.6 Å². The Hall–Kier alpha value is -0.770. The van der Waals surface area contributed by atoms with Gasteiger partial charge in [-0.3, -0.25) is 4.79 Å². The zero-order valence-corrected chi connectivity index (χ0v) is 10.9. The molecular weight excluding hydrogens is 258 g/mol. The van der Waals surface area contributed by atoms with Crippen LogP contribution in [0.25, 0.3) is 0 Å². The van der Waals surface area contributed by atoms with Gasteiger partial charge in [-0.15, -0.1) is 0 Å². The van der Waals surface area contributed by atoms with Gasteiger partial charge in [-0.05, 0) is 6.92 Å². The smallest absolute Gasteiger partial charge is 0.217 e. The summed E-state index contributed by atoms with van der Waals surface area (Å²) < 4.78 is 5.20. The molecule has 0 saturated carbocycles. The zero-order valence-electron chi connectivity index (χ0n) is 10.9. The lowest BCUT2D eigenvalue weighted by Gasteiger charge is -2.45. The first-order valence-electron chi connectivity index (χ1n) is 6.00. The summed E-state index contributed by atoms with van der Waals surface area (Å²) in [6, 6.07) is -0.992. The summed E-state index contributed by atoms with van der Waals surface area (Å²) in [6.07, 6.45) is -5.63. The zero-order chi connectivity index (χ0) is 14.8. The van der Waals surface area contributed by atoms with Gasteiger partial charge in [0.1, 0.15) is 18.3 Å². The molecule has 0 aromatic rings. The Labute approximate surface area is 110 Å². The number of hydrogen-bond acceptors (Lipinski definition) is 7. The lowest BCUT2D eigenvalue weighted by atomic mass is 9.89. The first kappa shape index (κ1) is 16.3. The molecule has 4 unspecified atom stereocenters. The molecule has 0 bridgehead atoms. The first-order chi connectivity index (χ1) is 8.68. The van der Waals surface area contributed by atoms with E-state index in [9.17, 15) is 25.2 Å². The molecule has 0 aromatic carbocycles. The molecule has 1 amide bonds. The van der Waals surface area contributed by atoms with Gasteiger partial charge in [-0.1, -0.05) is 0 Å². The summed E-state index contributed by atoms with van der Waals surface area (Å²) in [5, 5.41) is 50.3. The predicted molar refractivity (Wildman–Crippen MR) is 62.8 cm³/mol. The van der Waals surface area contributed by atoms with Crippen molar-refractivity contribution in [3.8, 4) is 0 Å². The number of nitrogens with one attached hydrogen (secondary N) is 1. The fourth-order valence-electron chi connectivity index (χ4n) is 2.17. The van der Waals surface area contributed by atoms with Crippen molar-refractivity contribution < 1.29 is 35.1 Å². The van der Waals surface area contributed by atoms with Crippen molar-refractivity contribution >= 4 is 5.91 Å². The Morgan fingerprint density at radius 3 is 2.58 bits per heavy atom. The second-order valence-electron chi connectivity index (χ2n) is 5.00. The van der Waals surface area contributed by atoms with Crippen molar-refractivity contribution in [2.75, 3.05) is 6.61 Å². The lowest BCUT2D eigenvalue weighted by molar-refractivity contribution is -0.292. The third kappa shape index (κ3) is 4.10. The summed E-state index contributed by atoms with van der Waals surface area (Å²) in [7, 11) is 0. The van der Waals surface area contributed by atoms with Gasteiger partial charge in [-0.2, -0.15) is 0 Å². The van der Waals surface area contributed by atoms with Gasteiger partial charge in [0.05, 0.1) is 18.8 Å². The Morgan fingerprint density at radius 1 is 1.53 bits per heavy atom. The molecule has 1 heterocycles. The molecule has 6 atom stereocenters. The second kappa shape index (κ2) is 6.12. The van der Waals surface area contributed by atoms with E-state index in [4.69, 9.17) is 9.84 Å². The molecule has 1 aliphatic heterocycles. The Morgan fingerprint density at radius 2 is 2.11 bits per heavy atom. The van der Waals surface area contributed by atoms with Crippen LogP contribution in [0.4, 0.5) is 0 Å². The van der Waals surface area contributed by atoms with Gasteiger partial charge in [0.25, 0.3) is 0 Å². The van der Waals surface area contributed by atoms with Crippen LogP contribution < -0.4 is 5.32 Å². The standard InChI is InChI=1S/C11H21NO7/c1-5(14)12-8-6(15)3-11(2,18)19-10(8)9(17)7(16)4-13/h6-10,13,15-18H,3-4H2,1-2H3,(H,12,14)/t6?,7?,8?,9-,10?,11-/m1/s1. The van der Waals surface area contributed by atoms with Crippen LogP contribution in [0.5, 0.6) is 0 Å². The SMILES string of the molecule is CC(=O)NC1C(O)C[C@](C)(O)OC1[C@H](O)C(O)CO. The molecule has 0 aromatic heterocycles. The highest BCUT2D eigenvalue weighted by atomic mass is 16.6. The molecular formula is C11H21NO7. The van der Waals surface area contributed by atoms with E-state index < -0.39 is 48.8 Å². The van der Waals surface area contributed by atoms with Crippen molar-refractivity contribution in [3.05, 3.63) is 0 Å². The van der Waals surface area contributed by atoms with Crippen molar-refractivity contribution in [1.29, 1.82) is 0 Å². The highest BCUT2D eigenvalue weighted by Gasteiger charge is 2.47. The maximum absolute atomic E-state index is 11.1. The molecule has 6 N–H and O–H groups in total. The van der Waals surface area contributed by atoms with Crippen molar-refractivity contribution in [3.63, 3.8) is 0 Å². The van der Waals surface area contributed by atoms with Gasteiger partial charge in [0, 0.05) is 13.3 Å². The average Bonchev–Trinajstić information content (AvgIpc) is 2.29. The summed E-state index contributed by atoms with van der Waals surface area (Å²) in [5.41, 5.74) is 0. The monoisotopic (exact) mass is 279 g/mol. The minimum atomic E-state index is -1.70. The fourth-order valence-corrected chi connectivity index (χ4v) is 2.17. The highest BCUT2D eigenvalue weighted by Crippen LogP contribution is 2.29. The van der Waals surface area contributed by atoms with Crippen molar-refractivity contribution in [1.82, 2.24) is 5.32 Å². The lowest BCUT2D eigenvalue weighted by Crippen LogP contribution is -2.65. The molecule has 0 spiro atoms. The number of aliphatic hydroxyl groups is 5. The quantitative estimate of drug-likeness (QED) is 0.323. The molecule has 1 rings (SSSR count). The van der Waals surface area contributed by atoms with Crippen LogP contribution >= 0.6 is 0 Å². The number of carbonyl (C=O) groups excluding carboxylic acids is 1. The Kier molecular flexibility index (Phi) is 5.25. The van der Waals surface area contributed by atoms with Crippen LogP contribution in [0.2, 0.25) is 0 Å². The van der Waals surface area contributed by atoms with Crippen LogP contribution in [0.15, 0.2) is 0 Å². The van der Waals surface area contributed by atoms with E-state index in [1.807, 2.05) is 0 Å². The number of ether oxygens (including phenoxy) is 1. The number of aliphatic hydroxyl groups excluding tert-OH is 4. The van der Waals surface area contributed by atoms with Gasteiger partial charge >= 0.3 is 0 Å². The first-order valence-corrected chi connectivity index (χ1v) is 6.00. The number of hydrogen-bond donors (Lipinski definition) is 6. The average molecular weight is 279 g/mol. The Balaban J connectivity index is 2.93. The van der Waals surface area contributed by atoms with Crippen molar-refractivity contribution in [2.24, 2.45) is 0 Å². The molecule has 112 valence electrons. The van der Waals surface area contributed by atoms with E-state index in [1.54, 1.807) is 0 Å². The molecule has 0 aliphatic carbocycles. The highest BCUT2D eigenvalue weighted by molar-refractivity contribution is 5.73. The summed E-state index contributed by atoms with van der Waals surface area (Å²) in [5.74, 6) is -2.15. The van der Waals surface area contributed by atoms with Gasteiger partial charge in [0.15, 0.2) is 5.79 Å². The van der Waals surface area contributed by atoms with E-state index in [1.165, 1.54) is 13.8 Å². The van der Waals surface area contributed by atoms with E-state index in [0.29, 0.717) is 0 Å². The number of carbonyl (C=O) groups is 1. The third-order valence-electron chi connectivity index (χ3n) is 3.03. The minimum absolute atomic E-state index is 0.156. The van der Waals surface area contributed by atoms with E-state index in [-0.39, 0.29) is 6.42 Å². The molecule has 8 nitrogen and oxygen atoms in total. The number of amides is 1. The van der Waals surface area contributed by atoms with Crippen LogP contribution in [-0.4, -0.2) is 74.3 Å². The molecule has 19 heavy (non-hydrogen) atoms. The van der Waals surface area contributed by atoms with Crippen LogP contribution in [0.1, 0.15) is 20.3 Å². The van der Waals surface area contributed by atoms with E-state index >= 15 is 0 Å². The Bertz CT molecular complexity index is 322. The van der Waals surface area contributed by atoms with Crippen molar-refractivity contribution in [2.45, 2.75) is 56.5 Å². The normalized spacial score (nSPS) is 38.6. The largest absolute Gasteiger partial charge is 0.394 e. The van der Waals surface area contributed by atoms with Crippen LogP contribution in [-0.2, 0) is 9.53 Å². The van der Waals surface area contributed by atoms with E-state index in [2.05, 4.69) is 5.32 Å². The van der Waals surface area contributed by atoms with Gasteiger partial charge in [0.2, 0.25) is 5.91 Å². The maximum Gasteiger partial charge on any atom is 0.217 e. The van der Waals surface area contributed by atoms with E-state index in [0.717, 1.165) is 0 Å². The minimum Gasteiger partial charge on any atom is -0.394 e. The molecule has 1 saturated heterocycles. The van der Waals surface area contributed by atoms with Crippen LogP contribution in [0.3, 0.4) is 0 Å². The molecule has 1 aliphatic rings. The molecule has 1 fully saturated rings. The number of rotatable bonds is 4. The van der Waals surface area contributed by atoms with Gasteiger partial charge in [-0.25, -0.2) is 0 Å². The third-order valence-corrected chi connectivity index (χ3v) is 3.03. The molecule has 0 radical (unpaired) electrons. The summed E-state index contributed by atoms with van der Waals surface area (Å²) in [6.45, 7) is 1.81. The topological polar surface area (TPSA) is 139 Å². The maximum atomic E-state index is 11.1. The summed E-state index contributed by atoms with van der Waals surface area (Å²) in [4.78, 5) is 11.1. The van der Waals surface area contributed by atoms with Crippen LogP contribution in [0, 0.1) is 0 Å². The predicted octanol–water partition coefficient (Wildman–Crippen LogP) is -2.94. The second-order valence-corrected chi connectivity index (χ2v) is 5.00.